The molecule has 0 bridgehead atoms. The molecule has 0 unspecified atom stereocenters. The Balaban J connectivity index is 2.10. The number of hydrogen-bond donors (Lipinski definition) is 1. The van der Waals surface area contributed by atoms with Crippen molar-refractivity contribution in [2.75, 3.05) is 13.1 Å². The SMILES string of the molecule is CCCCNC(=O)[C@@H]1[C@H]2OC(C)(C)O[C@H]2CN1C(=O)CCC. The number of ether oxygens (including phenoxy) is 2. The first-order valence-electron chi connectivity index (χ1n) is 8.32. The Hall–Kier alpha value is -1.14. The summed E-state index contributed by atoms with van der Waals surface area (Å²) in [5.74, 6) is -0.832. The third-order valence-corrected chi connectivity index (χ3v) is 4.13. The highest BCUT2D eigenvalue weighted by molar-refractivity contribution is 5.89. The molecule has 0 aliphatic carbocycles. The van der Waals surface area contributed by atoms with Crippen LogP contribution < -0.4 is 5.32 Å². The van der Waals surface area contributed by atoms with Crippen LogP contribution in [0.5, 0.6) is 0 Å². The van der Waals surface area contributed by atoms with E-state index in [2.05, 4.69) is 12.2 Å². The van der Waals surface area contributed by atoms with Gasteiger partial charge in [-0.2, -0.15) is 0 Å². The lowest BCUT2D eigenvalue weighted by atomic mass is 10.1. The second kappa shape index (κ2) is 6.96. The van der Waals surface area contributed by atoms with Gasteiger partial charge in [-0.25, -0.2) is 0 Å². The van der Waals surface area contributed by atoms with Crippen molar-refractivity contribution in [1.82, 2.24) is 10.2 Å². The zero-order chi connectivity index (χ0) is 16.3. The number of carbonyl (C=O) groups excluding carboxylic acids is 2. The summed E-state index contributed by atoms with van der Waals surface area (Å²) in [5.41, 5.74) is 0. The molecule has 0 aromatic carbocycles. The second-order valence-corrected chi connectivity index (χ2v) is 6.52. The summed E-state index contributed by atoms with van der Waals surface area (Å²) in [4.78, 5) is 26.5. The van der Waals surface area contributed by atoms with E-state index < -0.39 is 11.8 Å². The van der Waals surface area contributed by atoms with Gasteiger partial charge in [0.1, 0.15) is 18.2 Å². The van der Waals surface area contributed by atoms with Crippen LogP contribution in [0.2, 0.25) is 0 Å². The molecule has 6 heteroatoms. The highest BCUT2D eigenvalue weighted by Gasteiger charge is 2.56. The van der Waals surface area contributed by atoms with Gasteiger partial charge in [-0.05, 0) is 26.7 Å². The number of amides is 2. The molecule has 2 heterocycles. The molecule has 22 heavy (non-hydrogen) atoms. The van der Waals surface area contributed by atoms with E-state index in [1.165, 1.54) is 0 Å². The summed E-state index contributed by atoms with van der Waals surface area (Å²) in [7, 11) is 0. The summed E-state index contributed by atoms with van der Waals surface area (Å²) in [6.07, 6.45) is 2.56. The molecule has 0 saturated carbocycles. The molecular formula is C16H28N2O4. The molecule has 0 radical (unpaired) electrons. The maximum Gasteiger partial charge on any atom is 0.245 e. The van der Waals surface area contributed by atoms with Crippen LogP contribution in [-0.4, -0.2) is 53.8 Å². The van der Waals surface area contributed by atoms with Crippen molar-refractivity contribution >= 4 is 11.8 Å². The molecule has 126 valence electrons. The van der Waals surface area contributed by atoms with Gasteiger partial charge in [-0.1, -0.05) is 20.3 Å². The van der Waals surface area contributed by atoms with Crippen LogP contribution >= 0.6 is 0 Å². The number of nitrogens with one attached hydrogen (secondary N) is 1. The number of unbranched alkanes of at least 4 members (excludes halogenated alkanes) is 1. The van der Waals surface area contributed by atoms with Gasteiger partial charge in [0, 0.05) is 13.0 Å². The molecule has 2 saturated heterocycles. The van der Waals surface area contributed by atoms with Crippen LogP contribution in [0.25, 0.3) is 0 Å². The first kappa shape index (κ1) is 17.2. The van der Waals surface area contributed by atoms with Crippen molar-refractivity contribution in [2.24, 2.45) is 0 Å². The number of rotatable bonds is 6. The minimum absolute atomic E-state index is 0.00227. The Kier molecular flexibility index (Phi) is 5.45. The molecule has 0 spiro atoms. The van der Waals surface area contributed by atoms with E-state index in [9.17, 15) is 9.59 Å². The average Bonchev–Trinajstić information content (AvgIpc) is 2.90. The van der Waals surface area contributed by atoms with Crippen LogP contribution in [0.1, 0.15) is 53.4 Å². The van der Waals surface area contributed by atoms with Crippen LogP contribution in [0.3, 0.4) is 0 Å². The maximum atomic E-state index is 12.6. The minimum atomic E-state index is -0.697. The first-order valence-corrected chi connectivity index (χ1v) is 8.32. The number of likely N-dealkylation sites (tertiary alicyclic amines) is 1. The number of fused-ring (bicyclic) bond motifs is 1. The summed E-state index contributed by atoms with van der Waals surface area (Å²) in [6.45, 7) is 8.78. The van der Waals surface area contributed by atoms with Crippen molar-refractivity contribution in [3.63, 3.8) is 0 Å². The minimum Gasteiger partial charge on any atom is -0.354 e. The van der Waals surface area contributed by atoms with Crippen molar-refractivity contribution in [2.45, 2.75) is 77.4 Å². The van der Waals surface area contributed by atoms with E-state index >= 15 is 0 Å². The molecule has 2 aliphatic heterocycles. The Bertz CT molecular complexity index is 424. The Morgan fingerprint density at radius 2 is 1.95 bits per heavy atom. The summed E-state index contributed by atoms with van der Waals surface area (Å²) < 4.78 is 11.7. The fourth-order valence-corrected chi connectivity index (χ4v) is 3.15. The van der Waals surface area contributed by atoms with Gasteiger partial charge in [-0.15, -0.1) is 0 Å². The lowest BCUT2D eigenvalue weighted by molar-refractivity contribution is -0.170. The molecule has 3 atom stereocenters. The van der Waals surface area contributed by atoms with Crippen LogP contribution in [0.15, 0.2) is 0 Å². The van der Waals surface area contributed by atoms with Gasteiger partial charge in [-0.3, -0.25) is 9.59 Å². The van der Waals surface area contributed by atoms with E-state index in [1.807, 2.05) is 20.8 Å². The van der Waals surface area contributed by atoms with Crippen LogP contribution in [0.4, 0.5) is 0 Å². The van der Waals surface area contributed by atoms with Crippen molar-refractivity contribution in [3.8, 4) is 0 Å². The average molecular weight is 312 g/mol. The third-order valence-electron chi connectivity index (χ3n) is 4.13. The zero-order valence-electron chi connectivity index (χ0n) is 14.1. The van der Waals surface area contributed by atoms with E-state index in [-0.39, 0.29) is 24.0 Å². The second-order valence-electron chi connectivity index (χ2n) is 6.52. The van der Waals surface area contributed by atoms with E-state index in [4.69, 9.17) is 9.47 Å². The molecule has 2 aliphatic rings. The van der Waals surface area contributed by atoms with Gasteiger partial charge in [0.05, 0.1) is 6.54 Å². The fourth-order valence-electron chi connectivity index (χ4n) is 3.15. The zero-order valence-corrected chi connectivity index (χ0v) is 14.1. The molecule has 6 nitrogen and oxygen atoms in total. The largest absolute Gasteiger partial charge is 0.354 e. The van der Waals surface area contributed by atoms with Crippen molar-refractivity contribution < 1.29 is 19.1 Å². The predicted octanol–water partition coefficient (Wildman–Crippen LogP) is 1.43. The molecule has 2 rings (SSSR count). The fraction of sp³-hybridized carbons (Fsp3) is 0.875. The number of carbonyl (C=O) groups is 2. The Morgan fingerprint density at radius 1 is 1.23 bits per heavy atom. The van der Waals surface area contributed by atoms with Gasteiger partial charge < -0.3 is 19.7 Å². The molecule has 1 N–H and O–H groups in total. The summed E-state index contributed by atoms with van der Waals surface area (Å²) in [5, 5.41) is 2.92. The summed E-state index contributed by atoms with van der Waals surface area (Å²) >= 11 is 0. The lowest BCUT2D eigenvalue weighted by Gasteiger charge is -2.29. The normalized spacial score (nSPS) is 29.5. The van der Waals surface area contributed by atoms with E-state index in [1.54, 1.807) is 4.90 Å². The van der Waals surface area contributed by atoms with Crippen LogP contribution in [0, 0.1) is 0 Å². The molecule has 0 aromatic rings. The van der Waals surface area contributed by atoms with E-state index in [0.717, 1.165) is 19.3 Å². The maximum absolute atomic E-state index is 12.6. The van der Waals surface area contributed by atoms with Crippen molar-refractivity contribution in [1.29, 1.82) is 0 Å². The lowest BCUT2D eigenvalue weighted by Crippen LogP contribution is -2.51. The topological polar surface area (TPSA) is 67.9 Å². The highest BCUT2D eigenvalue weighted by atomic mass is 16.8. The molecule has 2 fully saturated rings. The standard InChI is InChI=1S/C16H28N2O4/c1-5-7-9-17-15(20)13-14-11(21-16(3,4)22-14)10-18(13)12(19)8-6-2/h11,13-14H,5-10H2,1-4H3,(H,17,20)/t11-,13-,14-/m0/s1. The van der Waals surface area contributed by atoms with E-state index in [0.29, 0.717) is 19.5 Å². The molecule has 0 aromatic heterocycles. The van der Waals surface area contributed by atoms with Crippen LogP contribution in [-0.2, 0) is 19.1 Å². The highest BCUT2D eigenvalue weighted by Crippen LogP contribution is 2.37. The smallest absolute Gasteiger partial charge is 0.245 e. The predicted molar refractivity (Wildman–Crippen MR) is 82.2 cm³/mol. The number of nitrogens with zero attached hydrogens (tertiary/aromatic N) is 1. The monoisotopic (exact) mass is 312 g/mol. The Labute approximate surface area is 132 Å². The molecule has 2 amide bonds. The third kappa shape index (κ3) is 3.60. The van der Waals surface area contributed by atoms with Gasteiger partial charge in [0.25, 0.3) is 0 Å². The summed E-state index contributed by atoms with van der Waals surface area (Å²) in [6, 6.07) is -0.581. The molecular weight excluding hydrogens is 284 g/mol. The first-order chi connectivity index (χ1) is 10.4. The number of hydrogen-bond acceptors (Lipinski definition) is 4. The quantitative estimate of drug-likeness (QED) is 0.754. The Morgan fingerprint density at radius 3 is 2.59 bits per heavy atom. The van der Waals surface area contributed by atoms with Gasteiger partial charge >= 0.3 is 0 Å². The van der Waals surface area contributed by atoms with Gasteiger partial charge in [0.15, 0.2) is 5.79 Å². The van der Waals surface area contributed by atoms with Crippen molar-refractivity contribution in [3.05, 3.63) is 0 Å². The van der Waals surface area contributed by atoms with Gasteiger partial charge in [0.2, 0.25) is 11.8 Å².